The molecular weight excluding hydrogens is 422 g/mol. The third-order valence-corrected chi connectivity index (χ3v) is 6.84. The number of para-hydroxylation sites is 1. The Labute approximate surface area is 182 Å². The highest BCUT2D eigenvalue weighted by Gasteiger charge is 2.25. The van der Waals surface area contributed by atoms with Crippen molar-refractivity contribution in [3.8, 4) is 0 Å². The van der Waals surface area contributed by atoms with Gasteiger partial charge in [-0.15, -0.1) is 11.3 Å². The molecule has 164 valence electrons. The highest BCUT2D eigenvalue weighted by atomic mass is 32.1. The third kappa shape index (κ3) is 4.77. The van der Waals surface area contributed by atoms with E-state index in [-0.39, 0.29) is 12.2 Å². The summed E-state index contributed by atoms with van der Waals surface area (Å²) in [6, 6.07) is 10.0. The van der Waals surface area contributed by atoms with Gasteiger partial charge in [-0.3, -0.25) is 4.90 Å². The van der Waals surface area contributed by atoms with Crippen molar-refractivity contribution >= 4 is 39.0 Å². The van der Waals surface area contributed by atoms with Gasteiger partial charge in [0.25, 0.3) is 0 Å². The number of fused-ring (bicyclic) bond motifs is 1. The number of thiazole rings is 1. The summed E-state index contributed by atoms with van der Waals surface area (Å²) in [6.07, 6.45) is 1.06. The van der Waals surface area contributed by atoms with Crippen LogP contribution in [-0.4, -0.2) is 47.3 Å². The summed E-state index contributed by atoms with van der Waals surface area (Å²) >= 11 is 1.75. The average molecular weight is 447 g/mol. The maximum absolute atomic E-state index is 14.1. The number of nitrogens with two attached hydrogens (primary N) is 1. The monoisotopic (exact) mass is 446 g/mol. The molecule has 1 amide bonds. The van der Waals surface area contributed by atoms with Gasteiger partial charge in [-0.25, -0.2) is 18.6 Å². The van der Waals surface area contributed by atoms with Crippen LogP contribution in [0.1, 0.15) is 30.2 Å². The van der Waals surface area contributed by atoms with Gasteiger partial charge in [-0.05, 0) is 63.2 Å². The molecular formula is C22H24F2N4O2S. The summed E-state index contributed by atoms with van der Waals surface area (Å²) < 4.78 is 29.5. The Morgan fingerprint density at radius 1 is 1.23 bits per heavy atom. The van der Waals surface area contributed by atoms with E-state index in [1.54, 1.807) is 11.3 Å². The summed E-state index contributed by atoms with van der Waals surface area (Å²) in [7, 11) is 0. The molecule has 2 aromatic carbocycles. The molecule has 0 bridgehead atoms. The Morgan fingerprint density at radius 3 is 2.55 bits per heavy atom. The molecule has 4 rings (SSSR count). The fourth-order valence-electron chi connectivity index (χ4n) is 4.07. The van der Waals surface area contributed by atoms with Gasteiger partial charge in [0.1, 0.15) is 5.69 Å². The molecule has 3 N–H and O–H groups in total. The van der Waals surface area contributed by atoms with E-state index in [0.717, 1.165) is 48.5 Å². The number of likely N-dealkylation sites (tertiary alicyclic amines) is 1. The summed E-state index contributed by atoms with van der Waals surface area (Å²) in [6.45, 7) is 2.44. The number of hydrogen-bond acceptors (Lipinski definition) is 5. The third-order valence-electron chi connectivity index (χ3n) is 5.64. The lowest BCUT2D eigenvalue weighted by Crippen LogP contribution is -2.37. The van der Waals surface area contributed by atoms with Gasteiger partial charge in [0.05, 0.1) is 15.2 Å². The number of nitrogens with zero attached hydrogens (tertiary/aromatic N) is 3. The number of hydrogen-bond donors (Lipinski definition) is 2. The van der Waals surface area contributed by atoms with Gasteiger partial charge in [0, 0.05) is 18.2 Å². The fourth-order valence-corrected chi connectivity index (χ4v) is 5.20. The topological polar surface area (TPSA) is 82.7 Å². The van der Waals surface area contributed by atoms with E-state index in [2.05, 4.69) is 11.0 Å². The van der Waals surface area contributed by atoms with Crippen molar-refractivity contribution in [3.63, 3.8) is 0 Å². The molecule has 0 saturated carbocycles. The lowest BCUT2D eigenvalue weighted by atomic mass is 9.97. The molecule has 2 heterocycles. The summed E-state index contributed by atoms with van der Waals surface area (Å²) in [5, 5.41) is 10.6. The fraction of sp³-hybridized carbons (Fsp3) is 0.364. The Bertz CT molecular complexity index is 1030. The molecule has 6 nitrogen and oxygen atoms in total. The predicted octanol–water partition coefficient (Wildman–Crippen LogP) is 4.91. The average Bonchev–Trinajstić information content (AvgIpc) is 3.16. The van der Waals surface area contributed by atoms with Crippen LogP contribution in [0.5, 0.6) is 0 Å². The van der Waals surface area contributed by atoms with Crippen molar-refractivity contribution in [2.24, 2.45) is 0 Å². The molecule has 1 saturated heterocycles. The Morgan fingerprint density at radius 2 is 1.90 bits per heavy atom. The maximum Gasteiger partial charge on any atom is 0.411 e. The zero-order valence-corrected chi connectivity index (χ0v) is 17.7. The van der Waals surface area contributed by atoms with E-state index < -0.39 is 23.4 Å². The Kier molecular flexibility index (Phi) is 6.33. The van der Waals surface area contributed by atoms with E-state index in [1.807, 2.05) is 18.2 Å². The number of aromatic nitrogens is 1. The van der Waals surface area contributed by atoms with Crippen molar-refractivity contribution < 1.29 is 18.7 Å². The van der Waals surface area contributed by atoms with Crippen molar-refractivity contribution in [2.45, 2.75) is 25.2 Å². The second-order valence-electron chi connectivity index (χ2n) is 7.76. The van der Waals surface area contributed by atoms with Gasteiger partial charge in [0.2, 0.25) is 0 Å². The number of benzene rings is 2. The van der Waals surface area contributed by atoms with E-state index in [9.17, 15) is 18.7 Å². The van der Waals surface area contributed by atoms with Crippen LogP contribution in [0, 0.1) is 11.6 Å². The van der Waals surface area contributed by atoms with Crippen molar-refractivity contribution in [1.82, 2.24) is 9.88 Å². The van der Waals surface area contributed by atoms with Crippen LogP contribution in [0.2, 0.25) is 0 Å². The van der Waals surface area contributed by atoms with Crippen molar-refractivity contribution in [1.29, 1.82) is 0 Å². The standard InChI is InChI=1S/C22H24F2N4O2S/c23-16-12-15(25)13-17(24)20(16)28(22(29)30)9-3-8-27-10-6-14(7-11-27)21-26-18-4-1-2-5-19(18)31-21/h1-2,4-5,12-14H,3,6-11,25H2,(H,29,30). The first kappa shape index (κ1) is 21.5. The van der Waals surface area contributed by atoms with Crippen LogP contribution in [0.15, 0.2) is 36.4 Å². The number of rotatable bonds is 6. The zero-order valence-electron chi connectivity index (χ0n) is 16.9. The number of anilines is 2. The van der Waals surface area contributed by atoms with E-state index in [0.29, 0.717) is 18.9 Å². The van der Waals surface area contributed by atoms with Crippen LogP contribution in [-0.2, 0) is 0 Å². The molecule has 0 radical (unpaired) electrons. The highest BCUT2D eigenvalue weighted by Crippen LogP contribution is 2.34. The molecule has 3 aromatic rings. The summed E-state index contributed by atoms with van der Waals surface area (Å²) in [5.74, 6) is -1.52. The number of nitrogen functional groups attached to an aromatic ring is 1. The second kappa shape index (κ2) is 9.15. The molecule has 0 unspecified atom stereocenters. The van der Waals surface area contributed by atoms with Crippen LogP contribution >= 0.6 is 11.3 Å². The second-order valence-corrected chi connectivity index (χ2v) is 8.82. The van der Waals surface area contributed by atoms with Gasteiger partial charge in [-0.2, -0.15) is 0 Å². The van der Waals surface area contributed by atoms with Crippen molar-refractivity contribution in [3.05, 3.63) is 53.0 Å². The summed E-state index contributed by atoms with van der Waals surface area (Å²) in [5.41, 5.74) is 5.81. The molecule has 0 spiro atoms. The minimum Gasteiger partial charge on any atom is -0.465 e. The summed E-state index contributed by atoms with van der Waals surface area (Å²) in [4.78, 5) is 19.3. The predicted molar refractivity (Wildman–Crippen MR) is 119 cm³/mol. The van der Waals surface area contributed by atoms with Crippen molar-refractivity contribution in [2.75, 3.05) is 36.8 Å². The molecule has 1 fully saturated rings. The van der Waals surface area contributed by atoms with Crippen LogP contribution in [0.3, 0.4) is 0 Å². The number of amides is 1. The van der Waals surface area contributed by atoms with Gasteiger partial charge in [0.15, 0.2) is 11.6 Å². The highest BCUT2D eigenvalue weighted by molar-refractivity contribution is 7.18. The lowest BCUT2D eigenvalue weighted by Gasteiger charge is -2.31. The first-order valence-corrected chi connectivity index (χ1v) is 11.1. The van der Waals surface area contributed by atoms with Gasteiger partial charge in [-0.1, -0.05) is 12.1 Å². The normalized spacial score (nSPS) is 15.4. The minimum atomic E-state index is -1.39. The molecule has 0 aliphatic carbocycles. The molecule has 1 aliphatic heterocycles. The van der Waals surface area contributed by atoms with Gasteiger partial charge < -0.3 is 15.7 Å². The minimum absolute atomic E-state index is 0.00485. The molecule has 1 aromatic heterocycles. The van der Waals surface area contributed by atoms with Crippen LogP contribution in [0.25, 0.3) is 10.2 Å². The molecule has 31 heavy (non-hydrogen) atoms. The Hall–Kier alpha value is -2.78. The lowest BCUT2D eigenvalue weighted by molar-refractivity contribution is 0.196. The Balaban J connectivity index is 1.31. The first-order valence-electron chi connectivity index (χ1n) is 10.2. The number of carbonyl (C=O) groups is 1. The number of piperidine rings is 1. The maximum atomic E-state index is 14.1. The number of carboxylic acid groups (broad SMARTS) is 1. The molecule has 9 heteroatoms. The molecule has 1 aliphatic rings. The largest absolute Gasteiger partial charge is 0.465 e. The van der Waals surface area contributed by atoms with E-state index >= 15 is 0 Å². The molecule has 0 atom stereocenters. The van der Waals surface area contributed by atoms with Crippen LogP contribution < -0.4 is 10.6 Å². The van der Waals surface area contributed by atoms with E-state index in [4.69, 9.17) is 10.7 Å². The van der Waals surface area contributed by atoms with E-state index in [1.165, 1.54) is 9.71 Å². The smallest absolute Gasteiger partial charge is 0.411 e. The zero-order chi connectivity index (χ0) is 22.0. The van der Waals surface area contributed by atoms with Gasteiger partial charge >= 0.3 is 6.09 Å². The van der Waals surface area contributed by atoms with Crippen LogP contribution in [0.4, 0.5) is 25.0 Å². The quantitative estimate of drug-likeness (QED) is 0.526. The first-order chi connectivity index (χ1) is 14.9. The SMILES string of the molecule is Nc1cc(F)c(N(CCCN2CCC(c3nc4ccccc4s3)CC2)C(=O)O)c(F)c1. The number of halogens is 2.